The van der Waals surface area contributed by atoms with Gasteiger partial charge in [-0.15, -0.1) is 0 Å². The molecule has 3 N–H and O–H groups in total. The minimum absolute atomic E-state index is 0.202. The third-order valence-corrected chi connectivity index (χ3v) is 3.56. The molecule has 0 aliphatic carbocycles. The van der Waals surface area contributed by atoms with Gasteiger partial charge in [-0.25, -0.2) is 0 Å². The first-order chi connectivity index (χ1) is 7.96. The van der Waals surface area contributed by atoms with Gasteiger partial charge in [0.25, 0.3) is 0 Å². The van der Waals surface area contributed by atoms with Crippen molar-refractivity contribution in [3.63, 3.8) is 0 Å². The number of carbonyl (C=O) groups excluding carboxylic acids is 1. The van der Waals surface area contributed by atoms with Gasteiger partial charge in [0.05, 0.1) is 5.54 Å². The van der Waals surface area contributed by atoms with Gasteiger partial charge in [0, 0.05) is 19.6 Å². The molecule has 1 unspecified atom stereocenters. The average molecular weight is 242 g/mol. The van der Waals surface area contributed by atoms with Crippen LogP contribution >= 0.6 is 0 Å². The van der Waals surface area contributed by atoms with Gasteiger partial charge in [0.15, 0.2) is 0 Å². The van der Waals surface area contributed by atoms with Crippen LogP contribution in [-0.4, -0.2) is 68.6 Å². The second-order valence-electron chi connectivity index (χ2n) is 5.33. The Hall–Kier alpha value is -0.650. The van der Waals surface area contributed by atoms with Crippen LogP contribution in [0.2, 0.25) is 0 Å². The van der Waals surface area contributed by atoms with Gasteiger partial charge < -0.3 is 20.9 Å². The Balaban J connectivity index is 2.58. The fourth-order valence-electron chi connectivity index (χ4n) is 2.30. The van der Waals surface area contributed by atoms with Crippen LogP contribution in [0.3, 0.4) is 0 Å². The maximum absolute atomic E-state index is 11.7. The maximum atomic E-state index is 11.7. The number of likely N-dealkylation sites (N-methyl/N-ethyl adjacent to an activating group) is 1. The van der Waals surface area contributed by atoms with Crippen molar-refractivity contribution in [2.24, 2.45) is 5.73 Å². The van der Waals surface area contributed by atoms with Crippen LogP contribution in [0, 0.1) is 0 Å². The molecule has 17 heavy (non-hydrogen) atoms. The summed E-state index contributed by atoms with van der Waals surface area (Å²) < 4.78 is 0. The van der Waals surface area contributed by atoms with Crippen LogP contribution in [0.4, 0.5) is 0 Å². The topological polar surface area (TPSA) is 61.6 Å². The van der Waals surface area contributed by atoms with Crippen molar-refractivity contribution in [1.29, 1.82) is 0 Å². The number of nitrogens with two attached hydrogens (primary N) is 1. The Morgan fingerprint density at radius 2 is 2.12 bits per heavy atom. The molecule has 5 nitrogen and oxygen atoms in total. The summed E-state index contributed by atoms with van der Waals surface area (Å²) in [6.07, 6.45) is 2.68. The fraction of sp³-hybridized carbons (Fsp3) is 0.917. The third kappa shape index (κ3) is 4.26. The lowest BCUT2D eigenvalue weighted by molar-refractivity contribution is -0.125. The van der Waals surface area contributed by atoms with E-state index in [1.54, 1.807) is 0 Å². The molecule has 0 spiro atoms. The van der Waals surface area contributed by atoms with E-state index in [-0.39, 0.29) is 5.91 Å². The molecule has 5 heteroatoms. The van der Waals surface area contributed by atoms with Gasteiger partial charge in [-0.05, 0) is 47.0 Å². The smallest absolute Gasteiger partial charge is 0.237 e. The number of likely N-dealkylation sites (tertiary alicyclic amines) is 1. The van der Waals surface area contributed by atoms with E-state index in [1.165, 1.54) is 0 Å². The van der Waals surface area contributed by atoms with E-state index in [1.807, 2.05) is 14.1 Å². The number of amides is 1. The monoisotopic (exact) mass is 242 g/mol. The number of rotatable bonds is 5. The largest absolute Gasteiger partial charge is 0.368 e. The van der Waals surface area contributed by atoms with Gasteiger partial charge in [-0.2, -0.15) is 0 Å². The lowest BCUT2D eigenvalue weighted by Crippen LogP contribution is -2.57. The summed E-state index contributed by atoms with van der Waals surface area (Å²) in [7, 11) is 6.15. The molecule has 1 fully saturated rings. The highest BCUT2D eigenvalue weighted by molar-refractivity contribution is 5.84. The number of primary amides is 1. The Morgan fingerprint density at radius 3 is 2.71 bits per heavy atom. The summed E-state index contributed by atoms with van der Waals surface area (Å²) in [4.78, 5) is 16.1. The second kappa shape index (κ2) is 6.33. The number of hydrogen-bond acceptors (Lipinski definition) is 4. The molecule has 0 saturated carbocycles. The average Bonchev–Trinajstić information content (AvgIpc) is 2.41. The number of nitrogens with zero attached hydrogens (tertiary/aromatic N) is 2. The molecular formula is C12H26N4O. The van der Waals surface area contributed by atoms with Crippen molar-refractivity contribution in [3.8, 4) is 0 Å². The van der Waals surface area contributed by atoms with Crippen LogP contribution in [0.25, 0.3) is 0 Å². The molecule has 0 aromatic carbocycles. The van der Waals surface area contributed by atoms with E-state index in [9.17, 15) is 4.79 Å². The van der Waals surface area contributed by atoms with Crippen LogP contribution < -0.4 is 11.1 Å². The maximum Gasteiger partial charge on any atom is 0.237 e. The summed E-state index contributed by atoms with van der Waals surface area (Å²) >= 11 is 0. The summed E-state index contributed by atoms with van der Waals surface area (Å²) in [5.41, 5.74) is 5.10. The second-order valence-corrected chi connectivity index (χ2v) is 5.33. The highest BCUT2D eigenvalue weighted by Crippen LogP contribution is 2.21. The van der Waals surface area contributed by atoms with Gasteiger partial charge in [-0.1, -0.05) is 0 Å². The Labute approximate surface area is 104 Å². The molecule has 1 heterocycles. The summed E-state index contributed by atoms with van der Waals surface area (Å²) in [6.45, 7) is 3.70. The van der Waals surface area contributed by atoms with Crippen molar-refractivity contribution >= 4 is 5.91 Å². The van der Waals surface area contributed by atoms with Gasteiger partial charge in [0.2, 0.25) is 5.91 Å². The zero-order valence-corrected chi connectivity index (χ0v) is 11.3. The highest BCUT2D eigenvalue weighted by atomic mass is 16.1. The molecule has 1 aliphatic heterocycles. The van der Waals surface area contributed by atoms with E-state index in [0.717, 1.165) is 45.4 Å². The number of carbonyl (C=O) groups is 1. The van der Waals surface area contributed by atoms with Crippen LogP contribution in [0.5, 0.6) is 0 Å². The van der Waals surface area contributed by atoms with Crippen LogP contribution in [0.15, 0.2) is 0 Å². The molecule has 0 aromatic heterocycles. The van der Waals surface area contributed by atoms with Crippen molar-refractivity contribution in [1.82, 2.24) is 15.1 Å². The van der Waals surface area contributed by atoms with Gasteiger partial charge in [-0.3, -0.25) is 4.79 Å². The quantitative estimate of drug-likeness (QED) is 0.681. The lowest BCUT2D eigenvalue weighted by atomic mass is 9.89. The van der Waals surface area contributed by atoms with Gasteiger partial charge in [0.1, 0.15) is 0 Å². The standard InChI is InChI=1S/C12H26N4O/c1-15(2)10-7-14-12(11(13)17)5-4-8-16(3)9-6-12/h14H,4-10H2,1-3H3,(H2,13,17). The molecule has 100 valence electrons. The normalized spacial score (nSPS) is 27.1. The minimum Gasteiger partial charge on any atom is -0.368 e. The van der Waals surface area contributed by atoms with Crippen LogP contribution in [0.1, 0.15) is 19.3 Å². The minimum atomic E-state index is -0.499. The Kier molecular flexibility index (Phi) is 5.36. The van der Waals surface area contributed by atoms with Crippen LogP contribution in [-0.2, 0) is 4.79 Å². The molecule has 1 atom stereocenters. The lowest BCUT2D eigenvalue weighted by Gasteiger charge is -2.31. The molecular weight excluding hydrogens is 216 g/mol. The number of nitrogens with one attached hydrogen (secondary N) is 1. The Bertz CT molecular complexity index is 257. The fourth-order valence-corrected chi connectivity index (χ4v) is 2.30. The van der Waals surface area contributed by atoms with E-state index < -0.39 is 5.54 Å². The molecule has 0 bridgehead atoms. The summed E-state index contributed by atoms with van der Waals surface area (Å²) in [6, 6.07) is 0. The predicted molar refractivity (Wildman–Crippen MR) is 69.8 cm³/mol. The first kappa shape index (κ1) is 14.4. The zero-order valence-electron chi connectivity index (χ0n) is 11.3. The summed E-state index contributed by atoms with van der Waals surface area (Å²) in [5.74, 6) is -0.202. The first-order valence-electron chi connectivity index (χ1n) is 6.34. The number of hydrogen-bond donors (Lipinski definition) is 2. The van der Waals surface area contributed by atoms with E-state index >= 15 is 0 Å². The molecule has 0 radical (unpaired) electrons. The molecule has 1 aliphatic rings. The van der Waals surface area contributed by atoms with E-state index in [2.05, 4.69) is 22.2 Å². The third-order valence-electron chi connectivity index (χ3n) is 3.56. The predicted octanol–water partition coefficient (Wildman–Crippen LogP) is -0.523. The highest BCUT2D eigenvalue weighted by Gasteiger charge is 2.36. The molecule has 0 aromatic rings. The summed E-state index contributed by atoms with van der Waals surface area (Å²) in [5, 5.41) is 3.38. The molecule has 1 rings (SSSR count). The van der Waals surface area contributed by atoms with Gasteiger partial charge >= 0.3 is 0 Å². The Morgan fingerprint density at radius 1 is 1.41 bits per heavy atom. The van der Waals surface area contributed by atoms with E-state index in [4.69, 9.17) is 5.73 Å². The van der Waals surface area contributed by atoms with E-state index in [0.29, 0.717) is 0 Å². The van der Waals surface area contributed by atoms with Crippen molar-refractivity contribution in [2.45, 2.75) is 24.8 Å². The molecule has 1 saturated heterocycles. The van der Waals surface area contributed by atoms with Crippen molar-refractivity contribution < 1.29 is 4.79 Å². The molecule has 1 amide bonds. The first-order valence-corrected chi connectivity index (χ1v) is 6.34. The SMILES string of the molecule is CN(C)CCNC1(C(N)=O)CCCN(C)CC1. The zero-order chi connectivity index (χ0) is 12.9. The van der Waals surface area contributed by atoms with Crippen molar-refractivity contribution in [3.05, 3.63) is 0 Å². The van der Waals surface area contributed by atoms with Crippen molar-refractivity contribution in [2.75, 3.05) is 47.3 Å².